The quantitative estimate of drug-likeness (QED) is 0.204. The van der Waals surface area contributed by atoms with Crippen molar-refractivity contribution in [2.24, 2.45) is 0 Å². The minimum absolute atomic E-state index is 0.0260. The van der Waals surface area contributed by atoms with E-state index in [0.717, 1.165) is 22.0 Å². The number of carbonyl (C=O) groups excluding carboxylic acids is 1. The average molecular weight is 651 g/mol. The lowest BCUT2D eigenvalue weighted by Crippen LogP contribution is -2.49. The first-order valence-electron chi connectivity index (χ1n) is 14.7. The second-order valence-corrected chi connectivity index (χ2v) is 13.4. The Morgan fingerprint density at radius 1 is 1.00 bits per heavy atom. The van der Waals surface area contributed by atoms with Crippen molar-refractivity contribution in [3.63, 3.8) is 0 Å². The fourth-order valence-corrected chi connectivity index (χ4v) is 6.82. The molecule has 0 unspecified atom stereocenters. The zero-order chi connectivity index (χ0) is 32.8. The number of sulfonamides is 1. The van der Waals surface area contributed by atoms with E-state index in [9.17, 15) is 31.5 Å². The molecule has 45 heavy (non-hydrogen) atoms. The van der Waals surface area contributed by atoms with E-state index in [1.807, 2.05) is 19.9 Å². The summed E-state index contributed by atoms with van der Waals surface area (Å²) in [7, 11) is -3.78. The molecule has 1 aliphatic rings. The van der Waals surface area contributed by atoms with Crippen LogP contribution in [0.1, 0.15) is 53.7 Å². The molecule has 2 atom stereocenters. The van der Waals surface area contributed by atoms with Gasteiger partial charge in [-0.3, -0.25) is 9.10 Å². The molecule has 0 aliphatic carbocycles. The molecule has 4 N–H and O–H groups in total. The third-order valence-corrected chi connectivity index (χ3v) is 9.24. The number of carbonyl (C=O) groups is 1. The molecule has 3 aromatic carbocycles. The van der Waals surface area contributed by atoms with Crippen LogP contribution in [0, 0.1) is 5.82 Å². The van der Waals surface area contributed by atoms with E-state index in [2.05, 4.69) is 16.0 Å². The predicted octanol–water partition coefficient (Wildman–Crippen LogP) is 5.09. The van der Waals surface area contributed by atoms with Gasteiger partial charge in [-0.2, -0.15) is 13.2 Å². The number of nitrogens with one attached hydrogen (secondary N) is 3. The highest BCUT2D eigenvalue weighted by molar-refractivity contribution is 7.92. The van der Waals surface area contributed by atoms with Crippen molar-refractivity contribution < 1.29 is 35.9 Å². The molecule has 0 saturated carbocycles. The molecule has 8 nitrogen and oxygen atoms in total. The van der Waals surface area contributed by atoms with Crippen LogP contribution in [0.5, 0.6) is 0 Å². The lowest BCUT2D eigenvalue weighted by Gasteiger charge is -2.30. The third kappa shape index (κ3) is 9.18. The summed E-state index contributed by atoms with van der Waals surface area (Å²) < 4.78 is 82.0. The number of aliphatic hydroxyl groups is 1. The molecule has 0 aromatic heterocycles. The Kier molecular flexibility index (Phi) is 11.1. The molecule has 1 amide bonds. The van der Waals surface area contributed by atoms with Gasteiger partial charge in [0.05, 0.1) is 34.7 Å². The molecule has 1 heterocycles. The monoisotopic (exact) mass is 650 g/mol. The van der Waals surface area contributed by atoms with E-state index in [-0.39, 0.29) is 43.5 Å². The van der Waals surface area contributed by atoms with Crippen LogP contribution < -0.4 is 20.3 Å². The minimum Gasteiger partial charge on any atom is -0.390 e. The number of hydrogen-bond donors (Lipinski definition) is 4. The van der Waals surface area contributed by atoms with Crippen LogP contribution in [0.3, 0.4) is 0 Å². The van der Waals surface area contributed by atoms with Crippen LogP contribution in [0.25, 0.3) is 0 Å². The zero-order valence-corrected chi connectivity index (χ0v) is 25.9. The van der Waals surface area contributed by atoms with Gasteiger partial charge in [0.1, 0.15) is 0 Å². The Morgan fingerprint density at radius 3 is 2.38 bits per heavy atom. The largest absolute Gasteiger partial charge is 0.416 e. The minimum atomic E-state index is -4.49. The van der Waals surface area contributed by atoms with Crippen LogP contribution in [-0.4, -0.2) is 56.5 Å². The molecule has 0 radical (unpaired) electrons. The maximum atomic E-state index is 16.0. The number of nitrogens with zero attached hydrogens (tertiary/aromatic N) is 1. The summed E-state index contributed by atoms with van der Waals surface area (Å²) in [4.78, 5) is 13.6. The summed E-state index contributed by atoms with van der Waals surface area (Å²) >= 11 is 0. The van der Waals surface area contributed by atoms with Crippen LogP contribution in [0.4, 0.5) is 28.9 Å². The lowest BCUT2D eigenvalue weighted by atomic mass is 10.00. The molecular formula is C32H38F4N4O4S. The number of halogens is 4. The van der Waals surface area contributed by atoms with Crippen molar-refractivity contribution in [2.45, 2.75) is 64.0 Å². The standard InChI is InChI=1S/C32H38F4N4O4S/c1-21(2)38-25-17-26(30(33)28(18-25)40-13-6-7-14-45(40,43)44)31(42)39-27(16-22-9-4-3-5-10-22)29(41)20-37-19-23-11-8-12-24(15-23)32(34,35)36/h3-5,8-12,15,17-18,21,27,29,37-38,41H,6-7,13-14,16,19-20H2,1-2H3,(H,39,42)/t27-,29+/m0/s1. The van der Waals surface area contributed by atoms with Gasteiger partial charge in [0, 0.05) is 31.4 Å². The fraction of sp³-hybridized carbons (Fsp3) is 0.406. The summed E-state index contributed by atoms with van der Waals surface area (Å²) in [6.45, 7) is 3.71. The van der Waals surface area contributed by atoms with E-state index >= 15 is 4.39 Å². The fourth-order valence-electron chi connectivity index (χ4n) is 5.19. The maximum Gasteiger partial charge on any atom is 0.416 e. The van der Waals surface area contributed by atoms with Gasteiger partial charge in [-0.25, -0.2) is 12.8 Å². The predicted molar refractivity (Wildman–Crippen MR) is 166 cm³/mol. The molecule has 0 spiro atoms. The van der Waals surface area contributed by atoms with Crippen molar-refractivity contribution in [3.8, 4) is 0 Å². The van der Waals surface area contributed by atoms with E-state index in [4.69, 9.17) is 0 Å². The van der Waals surface area contributed by atoms with Crippen molar-refractivity contribution in [3.05, 3.63) is 94.8 Å². The number of aliphatic hydroxyl groups excluding tert-OH is 1. The Balaban J connectivity index is 1.58. The number of amides is 1. The van der Waals surface area contributed by atoms with E-state index < -0.39 is 51.2 Å². The van der Waals surface area contributed by atoms with Gasteiger partial charge < -0.3 is 21.1 Å². The molecule has 1 fully saturated rings. The van der Waals surface area contributed by atoms with Gasteiger partial charge >= 0.3 is 6.18 Å². The van der Waals surface area contributed by atoms with Crippen LogP contribution >= 0.6 is 0 Å². The lowest BCUT2D eigenvalue weighted by molar-refractivity contribution is -0.137. The van der Waals surface area contributed by atoms with Gasteiger partial charge in [0.25, 0.3) is 5.91 Å². The number of rotatable bonds is 12. The number of benzene rings is 3. The van der Waals surface area contributed by atoms with Gasteiger partial charge in [-0.15, -0.1) is 0 Å². The van der Waals surface area contributed by atoms with Crippen LogP contribution in [0.15, 0.2) is 66.7 Å². The van der Waals surface area contributed by atoms with Crippen molar-refractivity contribution >= 4 is 27.3 Å². The van der Waals surface area contributed by atoms with E-state index in [0.29, 0.717) is 24.1 Å². The van der Waals surface area contributed by atoms with Crippen LogP contribution in [-0.2, 0) is 29.2 Å². The summed E-state index contributed by atoms with van der Waals surface area (Å²) in [5.74, 6) is -1.98. The van der Waals surface area contributed by atoms with Gasteiger partial charge in [0.15, 0.2) is 5.82 Å². The third-order valence-electron chi connectivity index (χ3n) is 7.39. The van der Waals surface area contributed by atoms with E-state index in [1.165, 1.54) is 24.3 Å². The smallest absolute Gasteiger partial charge is 0.390 e. The Morgan fingerprint density at radius 2 is 1.71 bits per heavy atom. The first kappa shape index (κ1) is 34.2. The van der Waals surface area contributed by atoms with Crippen molar-refractivity contribution in [1.82, 2.24) is 10.6 Å². The van der Waals surface area contributed by atoms with Crippen molar-refractivity contribution in [1.29, 1.82) is 0 Å². The van der Waals surface area contributed by atoms with Crippen molar-refractivity contribution in [2.75, 3.05) is 28.5 Å². The highest BCUT2D eigenvalue weighted by atomic mass is 32.2. The molecule has 0 bridgehead atoms. The maximum absolute atomic E-state index is 16.0. The molecule has 244 valence electrons. The summed E-state index contributed by atoms with van der Waals surface area (Å²) in [6, 6.07) is 15.5. The average Bonchev–Trinajstić information content (AvgIpc) is 2.97. The molecule has 3 aromatic rings. The zero-order valence-electron chi connectivity index (χ0n) is 25.1. The van der Waals surface area contributed by atoms with E-state index in [1.54, 1.807) is 24.3 Å². The second kappa shape index (κ2) is 14.6. The van der Waals surface area contributed by atoms with Crippen LogP contribution in [0.2, 0.25) is 0 Å². The normalized spacial score (nSPS) is 16.3. The summed E-state index contributed by atoms with van der Waals surface area (Å²) in [5, 5.41) is 19.9. The molecule has 1 aliphatic heterocycles. The topological polar surface area (TPSA) is 111 Å². The van der Waals surface area contributed by atoms with Gasteiger partial charge in [0.2, 0.25) is 10.0 Å². The second-order valence-electron chi connectivity index (χ2n) is 11.4. The molecular weight excluding hydrogens is 612 g/mol. The molecule has 13 heteroatoms. The highest BCUT2D eigenvalue weighted by Crippen LogP contribution is 2.32. The molecule has 1 saturated heterocycles. The first-order valence-corrected chi connectivity index (χ1v) is 16.4. The Bertz CT molecular complexity index is 1570. The summed E-state index contributed by atoms with van der Waals surface area (Å²) in [5.41, 5.74) is 0.0830. The Hall–Kier alpha value is -3.68. The number of hydrogen-bond acceptors (Lipinski definition) is 6. The summed E-state index contributed by atoms with van der Waals surface area (Å²) in [6.07, 6.45) is -4.55. The number of alkyl halides is 3. The SMILES string of the molecule is CC(C)Nc1cc(C(=O)N[C@@H](Cc2ccccc2)[C@H](O)CNCc2cccc(C(F)(F)F)c2)c(F)c(N2CCCCS2(=O)=O)c1. The number of anilines is 2. The molecule has 4 rings (SSSR count). The highest BCUT2D eigenvalue weighted by Gasteiger charge is 2.32. The Labute approximate surface area is 260 Å². The van der Waals surface area contributed by atoms with Gasteiger partial charge in [-0.1, -0.05) is 48.5 Å². The van der Waals surface area contributed by atoms with Gasteiger partial charge in [-0.05, 0) is 62.4 Å². The first-order chi connectivity index (χ1) is 21.2.